The molecule has 1 fully saturated rings. The van der Waals surface area contributed by atoms with E-state index in [2.05, 4.69) is 4.98 Å². The number of ether oxygens (including phenoxy) is 1. The van der Waals surface area contributed by atoms with Gasteiger partial charge in [0.05, 0.1) is 5.69 Å². The average molecular weight is 298 g/mol. The molecule has 1 amide bonds. The molecule has 1 aromatic heterocycles. The molecule has 20 heavy (non-hydrogen) atoms. The Morgan fingerprint density at radius 3 is 2.85 bits per heavy atom. The van der Waals surface area contributed by atoms with Crippen molar-refractivity contribution in [3.05, 3.63) is 15.6 Å². The first-order chi connectivity index (χ1) is 9.45. The van der Waals surface area contributed by atoms with E-state index in [0.29, 0.717) is 23.5 Å². The van der Waals surface area contributed by atoms with Gasteiger partial charge in [0.15, 0.2) is 0 Å². The van der Waals surface area contributed by atoms with Crippen LogP contribution < -0.4 is 0 Å². The van der Waals surface area contributed by atoms with Crippen molar-refractivity contribution in [1.82, 2.24) is 9.88 Å². The van der Waals surface area contributed by atoms with E-state index in [0.717, 1.165) is 11.4 Å². The zero-order valence-electron chi connectivity index (χ0n) is 11.8. The van der Waals surface area contributed by atoms with E-state index in [9.17, 15) is 9.59 Å². The summed E-state index contributed by atoms with van der Waals surface area (Å²) in [7, 11) is 1.59. The van der Waals surface area contributed by atoms with Gasteiger partial charge in [-0.15, -0.1) is 11.3 Å². The quantitative estimate of drug-likeness (QED) is 0.917. The number of nitrogens with zero attached hydrogens (tertiary/aromatic N) is 2. The van der Waals surface area contributed by atoms with Crippen LogP contribution in [0.2, 0.25) is 0 Å². The van der Waals surface area contributed by atoms with Gasteiger partial charge in [-0.25, -0.2) is 9.78 Å². The fourth-order valence-corrected chi connectivity index (χ4v) is 3.34. The van der Waals surface area contributed by atoms with Gasteiger partial charge >= 0.3 is 5.97 Å². The summed E-state index contributed by atoms with van der Waals surface area (Å²) < 4.78 is 5.20. The van der Waals surface area contributed by atoms with Crippen molar-refractivity contribution in [2.45, 2.75) is 38.8 Å². The SMILES string of the molecule is CO[C@@H](C)c1nc(C)c(C(=O)N2CCC[C@@H]2C(=O)O)s1. The van der Waals surface area contributed by atoms with Crippen molar-refractivity contribution in [1.29, 1.82) is 0 Å². The highest BCUT2D eigenvalue weighted by atomic mass is 32.1. The summed E-state index contributed by atoms with van der Waals surface area (Å²) in [5.41, 5.74) is 0.634. The number of rotatable bonds is 4. The molecule has 0 radical (unpaired) electrons. The molecule has 2 heterocycles. The summed E-state index contributed by atoms with van der Waals surface area (Å²) in [5, 5.41) is 9.89. The number of hydrogen-bond donors (Lipinski definition) is 1. The largest absolute Gasteiger partial charge is 0.480 e. The monoisotopic (exact) mass is 298 g/mol. The standard InChI is InChI=1S/C13H18N2O4S/c1-7-10(20-11(14-7)8(2)19-3)12(16)15-6-4-5-9(15)13(17)18/h8-9H,4-6H2,1-3H3,(H,17,18)/t8-,9+/m0/s1. The Morgan fingerprint density at radius 1 is 1.55 bits per heavy atom. The number of carbonyl (C=O) groups excluding carboxylic acids is 1. The zero-order valence-corrected chi connectivity index (χ0v) is 12.6. The van der Waals surface area contributed by atoms with E-state index in [1.165, 1.54) is 16.2 Å². The lowest BCUT2D eigenvalue weighted by molar-refractivity contribution is -0.141. The van der Waals surface area contributed by atoms with Crippen molar-refractivity contribution < 1.29 is 19.4 Å². The number of carboxylic acids is 1. The Hall–Kier alpha value is -1.47. The molecule has 1 aromatic rings. The number of likely N-dealkylation sites (tertiary alicyclic amines) is 1. The van der Waals surface area contributed by atoms with Gasteiger partial charge < -0.3 is 14.7 Å². The van der Waals surface area contributed by atoms with Crippen LogP contribution in [0, 0.1) is 6.92 Å². The van der Waals surface area contributed by atoms with Gasteiger partial charge in [0.2, 0.25) is 0 Å². The summed E-state index contributed by atoms with van der Waals surface area (Å²) in [5.74, 6) is -1.18. The van der Waals surface area contributed by atoms with E-state index >= 15 is 0 Å². The highest BCUT2D eigenvalue weighted by Crippen LogP contribution is 2.28. The maximum absolute atomic E-state index is 12.5. The first kappa shape index (κ1) is 14.9. The normalized spacial score (nSPS) is 20.1. The third kappa shape index (κ3) is 2.69. The van der Waals surface area contributed by atoms with Crippen LogP contribution in [-0.4, -0.2) is 46.6 Å². The number of aryl methyl sites for hydroxylation is 1. The predicted octanol–water partition coefficient (Wildman–Crippen LogP) is 1.85. The Labute approximate surface area is 121 Å². The van der Waals surface area contributed by atoms with Crippen LogP contribution in [0.3, 0.4) is 0 Å². The molecule has 7 heteroatoms. The number of hydrogen-bond acceptors (Lipinski definition) is 5. The maximum Gasteiger partial charge on any atom is 0.326 e. The summed E-state index contributed by atoms with van der Waals surface area (Å²) in [6.45, 7) is 4.12. The fraction of sp³-hybridized carbons (Fsp3) is 0.615. The Morgan fingerprint density at radius 2 is 2.25 bits per heavy atom. The summed E-state index contributed by atoms with van der Waals surface area (Å²) in [4.78, 5) is 30.0. The fourth-order valence-electron chi connectivity index (χ4n) is 2.29. The van der Waals surface area contributed by atoms with Crippen LogP contribution in [-0.2, 0) is 9.53 Å². The minimum atomic E-state index is -0.941. The molecule has 1 saturated heterocycles. The van der Waals surface area contributed by atoms with Crippen molar-refractivity contribution in [3.63, 3.8) is 0 Å². The molecule has 1 N–H and O–H groups in total. The van der Waals surface area contributed by atoms with Gasteiger partial charge in [0.1, 0.15) is 22.0 Å². The minimum absolute atomic E-state index is 0.172. The van der Waals surface area contributed by atoms with Crippen molar-refractivity contribution in [2.75, 3.05) is 13.7 Å². The second-order valence-corrected chi connectivity index (χ2v) is 5.87. The third-order valence-electron chi connectivity index (χ3n) is 3.51. The first-order valence-electron chi connectivity index (χ1n) is 6.49. The summed E-state index contributed by atoms with van der Waals surface area (Å²) in [6.07, 6.45) is 1.07. The lowest BCUT2D eigenvalue weighted by Gasteiger charge is -2.20. The van der Waals surface area contributed by atoms with Gasteiger partial charge in [-0.1, -0.05) is 0 Å². The molecular formula is C13H18N2O4S. The molecule has 6 nitrogen and oxygen atoms in total. The number of carboxylic acid groups (broad SMARTS) is 1. The van der Waals surface area contributed by atoms with Gasteiger partial charge in [-0.05, 0) is 26.7 Å². The number of amides is 1. The smallest absolute Gasteiger partial charge is 0.326 e. The predicted molar refractivity (Wildman–Crippen MR) is 74.0 cm³/mol. The molecule has 1 aliphatic heterocycles. The Balaban J connectivity index is 2.25. The molecule has 0 unspecified atom stereocenters. The van der Waals surface area contributed by atoms with E-state index in [1.54, 1.807) is 14.0 Å². The molecule has 110 valence electrons. The van der Waals surface area contributed by atoms with Crippen LogP contribution in [0.15, 0.2) is 0 Å². The van der Waals surface area contributed by atoms with Gasteiger partial charge in [0.25, 0.3) is 5.91 Å². The summed E-state index contributed by atoms with van der Waals surface area (Å²) >= 11 is 1.28. The molecule has 1 aliphatic rings. The van der Waals surface area contributed by atoms with Crippen molar-refractivity contribution in [2.24, 2.45) is 0 Å². The lowest BCUT2D eigenvalue weighted by Crippen LogP contribution is -2.40. The van der Waals surface area contributed by atoms with E-state index in [4.69, 9.17) is 9.84 Å². The number of carbonyl (C=O) groups is 2. The van der Waals surface area contributed by atoms with Crippen LogP contribution in [0.25, 0.3) is 0 Å². The van der Waals surface area contributed by atoms with Crippen LogP contribution >= 0.6 is 11.3 Å². The minimum Gasteiger partial charge on any atom is -0.480 e. The second-order valence-electron chi connectivity index (χ2n) is 4.84. The summed E-state index contributed by atoms with van der Waals surface area (Å²) in [6, 6.07) is -0.715. The highest BCUT2D eigenvalue weighted by molar-refractivity contribution is 7.13. The number of aliphatic carboxylic acids is 1. The first-order valence-corrected chi connectivity index (χ1v) is 7.31. The molecule has 2 atom stereocenters. The Bertz CT molecular complexity index is 528. The van der Waals surface area contributed by atoms with Gasteiger partial charge in [0, 0.05) is 13.7 Å². The molecular weight excluding hydrogens is 280 g/mol. The van der Waals surface area contributed by atoms with Gasteiger partial charge in [-0.3, -0.25) is 4.79 Å². The second kappa shape index (κ2) is 5.88. The maximum atomic E-state index is 12.5. The molecule has 0 saturated carbocycles. The number of thiazole rings is 1. The highest BCUT2D eigenvalue weighted by Gasteiger charge is 2.36. The van der Waals surface area contributed by atoms with Crippen LogP contribution in [0.4, 0.5) is 0 Å². The van der Waals surface area contributed by atoms with Crippen LogP contribution in [0.5, 0.6) is 0 Å². The van der Waals surface area contributed by atoms with Crippen LogP contribution in [0.1, 0.15) is 46.2 Å². The Kier molecular flexibility index (Phi) is 4.39. The zero-order chi connectivity index (χ0) is 14.9. The molecule has 2 rings (SSSR count). The van der Waals surface area contributed by atoms with E-state index in [-0.39, 0.29) is 12.0 Å². The average Bonchev–Trinajstić information content (AvgIpc) is 3.03. The number of methoxy groups -OCH3 is 1. The van der Waals surface area contributed by atoms with Crippen molar-refractivity contribution >= 4 is 23.2 Å². The molecule has 0 bridgehead atoms. The topological polar surface area (TPSA) is 79.7 Å². The number of aromatic nitrogens is 1. The molecule has 0 aliphatic carbocycles. The van der Waals surface area contributed by atoms with E-state index in [1.807, 2.05) is 6.92 Å². The van der Waals surface area contributed by atoms with E-state index < -0.39 is 12.0 Å². The molecule has 0 spiro atoms. The lowest BCUT2D eigenvalue weighted by atomic mass is 10.2. The van der Waals surface area contributed by atoms with Crippen molar-refractivity contribution in [3.8, 4) is 0 Å². The third-order valence-corrected chi connectivity index (χ3v) is 4.81. The van der Waals surface area contributed by atoms with Gasteiger partial charge in [-0.2, -0.15) is 0 Å². The molecule has 0 aromatic carbocycles.